The van der Waals surface area contributed by atoms with E-state index in [9.17, 15) is 8.42 Å². The lowest BCUT2D eigenvalue weighted by molar-refractivity contribution is 0.318. The molecule has 0 spiro atoms. The van der Waals surface area contributed by atoms with E-state index in [1.54, 1.807) is 16.4 Å². The Labute approximate surface area is 144 Å². The van der Waals surface area contributed by atoms with E-state index in [0.717, 1.165) is 48.6 Å². The Morgan fingerprint density at radius 1 is 0.958 bits per heavy atom. The van der Waals surface area contributed by atoms with Gasteiger partial charge < -0.3 is 4.74 Å². The summed E-state index contributed by atoms with van der Waals surface area (Å²) in [5, 5.41) is 1.92. The molecule has 1 aliphatic rings. The van der Waals surface area contributed by atoms with Crippen molar-refractivity contribution < 1.29 is 13.2 Å². The summed E-state index contributed by atoms with van der Waals surface area (Å²) in [5.41, 5.74) is 0. The molecule has 0 radical (unpaired) electrons. The third kappa shape index (κ3) is 3.73. The predicted molar refractivity (Wildman–Crippen MR) is 97.0 cm³/mol. The van der Waals surface area contributed by atoms with Gasteiger partial charge in [-0.05, 0) is 54.3 Å². The van der Waals surface area contributed by atoms with E-state index in [1.807, 2.05) is 24.3 Å². The summed E-state index contributed by atoms with van der Waals surface area (Å²) in [6, 6.07) is 11.2. The first-order valence-corrected chi connectivity index (χ1v) is 10.2. The van der Waals surface area contributed by atoms with Crippen LogP contribution in [0.1, 0.15) is 39.0 Å². The molecule has 1 saturated heterocycles. The van der Waals surface area contributed by atoms with E-state index < -0.39 is 10.0 Å². The van der Waals surface area contributed by atoms with Gasteiger partial charge in [-0.3, -0.25) is 0 Å². The first-order valence-electron chi connectivity index (χ1n) is 8.78. The van der Waals surface area contributed by atoms with Crippen molar-refractivity contribution in [2.45, 2.75) is 43.9 Å². The average Bonchev–Trinajstić information content (AvgIpc) is 2.89. The second-order valence-corrected chi connectivity index (χ2v) is 8.28. The van der Waals surface area contributed by atoms with Crippen molar-refractivity contribution >= 4 is 20.8 Å². The first kappa shape index (κ1) is 17.2. The average molecular weight is 347 g/mol. The number of hydrogen-bond donors (Lipinski definition) is 0. The second-order valence-electron chi connectivity index (χ2n) is 6.34. The van der Waals surface area contributed by atoms with Gasteiger partial charge in [0.15, 0.2) is 0 Å². The highest BCUT2D eigenvalue weighted by atomic mass is 32.2. The summed E-state index contributed by atoms with van der Waals surface area (Å²) >= 11 is 0. The lowest BCUT2D eigenvalue weighted by atomic mass is 10.1. The van der Waals surface area contributed by atoms with Gasteiger partial charge in [-0.1, -0.05) is 31.9 Å². The zero-order valence-electron chi connectivity index (χ0n) is 14.2. The first-order chi connectivity index (χ1) is 11.6. The van der Waals surface area contributed by atoms with Crippen molar-refractivity contribution in [3.63, 3.8) is 0 Å². The number of nitrogens with zero attached hydrogens (tertiary/aromatic N) is 1. The Balaban J connectivity index is 1.89. The molecule has 1 aliphatic heterocycles. The minimum absolute atomic E-state index is 0.388. The van der Waals surface area contributed by atoms with Crippen LogP contribution in [0.15, 0.2) is 41.3 Å². The van der Waals surface area contributed by atoms with Gasteiger partial charge in [0.2, 0.25) is 10.0 Å². The second kappa shape index (κ2) is 7.53. The molecule has 4 nitrogen and oxygen atoms in total. The molecule has 0 N–H and O–H groups in total. The molecule has 0 bridgehead atoms. The van der Waals surface area contributed by atoms with E-state index in [2.05, 4.69) is 6.92 Å². The molecule has 3 rings (SSSR count). The molecular formula is C19H25NO3S. The van der Waals surface area contributed by atoms with Crippen LogP contribution in [-0.2, 0) is 10.0 Å². The minimum Gasteiger partial charge on any atom is -0.494 e. The number of benzene rings is 2. The summed E-state index contributed by atoms with van der Waals surface area (Å²) in [6.45, 7) is 4.02. The molecule has 2 aromatic carbocycles. The topological polar surface area (TPSA) is 46.6 Å². The van der Waals surface area contributed by atoms with Crippen LogP contribution in [0, 0.1) is 0 Å². The maximum Gasteiger partial charge on any atom is 0.243 e. The number of fused-ring (bicyclic) bond motifs is 1. The third-order valence-corrected chi connectivity index (χ3v) is 6.35. The molecule has 0 atom stereocenters. The molecule has 1 heterocycles. The van der Waals surface area contributed by atoms with E-state index in [0.29, 0.717) is 24.6 Å². The molecule has 1 fully saturated rings. The monoisotopic (exact) mass is 347 g/mol. The Morgan fingerprint density at radius 2 is 1.62 bits per heavy atom. The van der Waals surface area contributed by atoms with Crippen molar-refractivity contribution in [3.8, 4) is 5.75 Å². The smallest absolute Gasteiger partial charge is 0.243 e. The van der Waals surface area contributed by atoms with Gasteiger partial charge in [-0.15, -0.1) is 0 Å². The molecular weight excluding hydrogens is 322 g/mol. The maximum atomic E-state index is 12.9. The number of hydrogen-bond acceptors (Lipinski definition) is 3. The standard InChI is InChI=1S/C19H25NO3S/c1-2-13-23-18-9-7-17-15-19(10-8-16(17)14-18)24(21,22)20-11-5-3-4-6-12-20/h7-10,14-15H,2-6,11-13H2,1H3. The van der Waals surface area contributed by atoms with E-state index in [-0.39, 0.29) is 0 Å². The van der Waals surface area contributed by atoms with Crippen LogP contribution in [0.25, 0.3) is 10.8 Å². The van der Waals surface area contributed by atoms with Crippen LogP contribution in [-0.4, -0.2) is 32.4 Å². The highest BCUT2D eigenvalue weighted by Gasteiger charge is 2.25. The van der Waals surface area contributed by atoms with Crippen molar-refractivity contribution in [2.24, 2.45) is 0 Å². The number of ether oxygens (including phenoxy) is 1. The molecule has 2 aromatic rings. The highest BCUT2D eigenvalue weighted by Crippen LogP contribution is 2.26. The molecule has 130 valence electrons. The van der Waals surface area contributed by atoms with Gasteiger partial charge in [0.05, 0.1) is 11.5 Å². The summed E-state index contributed by atoms with van der Waals surface area (Å²) in [6.07, 6.45) is 5.09. The molecule has 0 amide bonds. The van der Waals surface area contributed by atoms with Crippen LogP contribution in [0.2, 0.25) is 0 Å². The van der Waals surface area contributed by atoms with E-state index >= 15 is 0 Å². The summed E-state index contributed by atoms with van der Waals surface area (Å²) in [7, 11) is -3.40. The van der Waals surface area contributed by atoms with Gasteiger partial charge in [0.1, 0.15) is 5.75 Å². The normalized spacial score (nSPS) is 16.9. The van der Waals surface area contributed by atoms with Crippen LogP contribution in [0.3, 0.4) is 0 Å². The largest absolute Gasteiger partial charge is 0.494 e. The summed E-state index contributed by atoms with van der Waals surface area (Å²) in [5.74, 6) is 0.826. The summed E-state index contributed by atoms with van der Waals surface area (Å²) < 4.78 is 33.1. The van der Waals surface area contributed by atoms with Gasteiger partial charge in [-0.25, -0.2) is 8.42 Å². The predicted octanol–water partition coefficient (Wildman–Crippen LogP) is 4.19. The van der Waals surface area contributed by atoms with Gasteiger partial charge >= 0.3 is 0 Å². The van der Waals surface area contributed by atoms with Crippen LogP contribution in [0.5, 0.6) is 5.75 Å². The lowest BCUT2D eigenvalue weighted by Crippen LogP contribution is -2.31. The van der Waals surface area contributed by atoms with Gasteiger partial charge in [0.25, 0.3) is 0 Å². The van der Waals surface area contributed by atoms with Crippen LogP contribution >= 0.6 is 0 Å². The Bertz CT molecular complexity index is 793. The van der Waals surface area contributed by atoms with Crippen molar-refractivity contribution in [1.29, 1.82) is 0 Å². The number of sulfonamides is 1. The summed E-state index contributed by atoms with van der Waals surface area (Å²) in [4.78, 5) is 0.388. The van der Waals surface area contributed by atoms with Gasteiger partial charge in [0, 0.05) is 13.1 Å². The third-order valence-electron chi connectivity index (χ3n) is 4.46. The van der Waals surface area contributed by atoms with E-state index in [4.69, 9.17) is 4.74 Å². The fraction of sp³-hybridized carbons (Fsp3) is 0.474. The number of rotatable bonds is 5. The molecule has 24 heavy (non-hydrogen) atoms. The SMILES string of the molecule is CCCOc1ccc2cc(S(=O)(=O)N3CCCCCC3)ccc2c1. The fourth-order valence-corrected chi connectivity index (χ4v) is 4.66. The Hall–Kier alpha value is -1.59. The highest BCUT2D eigenvalue weighted by molar-refractivity contribution is 7.89. The maximum absolute atomic E-state index is 12.9. The zero-order chi connectivity index (χ0) is 17.0. The van der Waals surface area contributed by atoms with Crippen LogP contribution in [0.4, 0.5) is 0 Å². The molecule has 0 unspecified atom stereocenters. The van der Waals surface area contributed by atoms with Crippen molar-refractivity contribution in [1.82, 2.24) is 4.31 Å². The Kier molecular flexibility index (Phi) is 5.41. The van der Waals surface area contributed by atoms with E-state index in [1.165, 1.54) is 0 Å². The zero-order valence-corrected chi connectivity index (χ0v) is 15.0. The van der Waals surface area contributed by atoms with Crippen LogP contribution < -0.4 is 4.74 Å². The molecule has 0 aromatic heterocycles. The lowest BCUT2D eigenvalue weighted by Gasteiger charge is -2.20. The molecule has 5 heteroatoms. The molecule has 0 aliphatic carbocycles. The Morgan fingerprint density at radius 3 is 2.33 bits per heavy atom. The quantitative estimate of drug-likeness (QED) is 0.814. The van der Waals surface area contributed by atoms with Crippen molar-refractivity contribution in [3.05, 3.63) is 36.4 Å². The minimum atomic E-state index is -3.40. The van der Waals surface area contributed by atoms with Crippen molar-refractivity contribution in [2.75, 3.05) is 19.7 Å². The fourth-order valence-electron chi connectivity index (χ4n) is 3.10. The molecule has 0 saturated carbocycles. The van der Waals surface area contributed by atoms with Gasteiger partial charge in [-0.2, -0.15) is 4.31 Å².